The van der Waals surface area contributed by atoms with Crippen molar-refractivity contribution in [2.45, 2.75) is 37.8 Å². The first-order valence-corrected chi connectivity index (χ1v) is 3.68. The van der Waals surface area contributed by atoms with Crippen molar-refractivity contribution < 1.29 is 5.11 Å². The van der Waals surface area contributed by atoms with Gasteiger partial charge in [0.15, 0.2) is 0 Å². The van der Waals surface area contributed by atoms with Gasteiger partial charge in [-0.25, -0.2) is 0 Å². The summed E-state index contributed by atoms with van der Waals surface area (Å²) in [7, 11) is 1.96. The van der Waals surface area contributed by atoms with Crippen LogP contribution in [0.2, 0.25) is 0 Å². The maximum absolute atomic E-state index is 9.17. The van der Waals surface area contributed by atoms with Gasteiger partial charge >= 0.3 is 0 Å². The van der Waals surface area contributed by atoms with Crippen molar-refractivity contribution >= 4 is 0 Å². The van der Waals surface area contributed by atoms with Gasteiger partial charge in [-0.1, -0.05) is 0 Å². The minimum atomic E-state index is -0.0452. The summed E-state index contributed by atoms with van der Waals surface area (Å²) in [6, 6.07) is 0.564. The van der Waals surface area contributed by atoms with E-state index in [0.717, 1.165) is 12.8 Å². The predicted octanol–water partition coefficient (Wildman–Crippen LogP) is 0.509. The van der Waals surface area contributed by atoms with Gasteiger partial charge in [-0.2, -0.15) is 0 Å². The summed E-state index contributed by atoms with van der Waals surface area (Å²) in [5.41, 5.74) is 0. The van der Waals surface area contributed by atoms with Crippen molar-refractivity contribution in [3.63, 3.8) is 0 Å². The van der Waals surface area contributed by atoms with Crippen molar-refractivity contribution in [3.8, 4) is 0 Å². The first kappa shape index (κ1) is 7.03. The van der Waals surface area contributed by atoms with E-state index in [0.29, 0.717) is 6.04 Å². The van der Waals surface area contributed by atoms with Crippen LogP contribution >= 0.6 is 0 Å². The standard InChI is InChI=1S/C7H15NO/c1-8-6-3-2-4-7(9)5-6/h6-9H,2-5H2,1H3/t6-,7?/m0/s1. The average molecular weight is 129 g/mol. The smallest absolute Gasteiger partial charge is 0.0555 e. The molecule has 1 aliphatic carbocycles. The molecule has 54 valence electrons. The fourth-order valence-electron chi connectivity index (χ4n) is 1.43. The number of nitrogens with one attached hydrogen (secondary N) is 1. The van der Waals surface area contributed by atoms with E-state index in [1.54, 1.807) is 0 Å². The summed E-state index contributed by atoms with van der Waals surface area (Å²) in [4.78, 5) is 0. The molecule has 0 aromatic heterocycles. The molecule has 2 atom stereocenters. The highest BCUT2D eigenvalue weighted by Crippen LogP contribution is 2.17. The van der Waals surface area contributed by atoms with Gasteiger partial charge in [0.05, 0.1) is 6.10 Å². The van der Waals surface area contributed by atoms with E-state index in [1.807, 2.05) is 7.05 Å². The van der Waals surface area contributed by atoms with Crippen LogP contribution in [0.3, 0.4) is 0 Å². The third kappa shape index (κ3) is 1.95. The topological polar surface area (TPSA) is 32.3 Å². The highest BCUT2D eigenvalue weighted by atomic mass is 16.3. The van der Waals surface area contributed by atoms with Gasteiger partial charge in [-0.05, 0) is 32.7 Å². The molecule has 0 radical (unpaired) electrons. The van der Waals surface area contributed by atoms with Crippen molar-refractivity contribution in [1.29, 1.82) is 0 Å². The second kappa shape index (κ2) is 3.18. The van der Waals surface area contributed by atoms with Crippen molar-refractivity contribution in [3.05, 3.63) is 0 Å². The van der Waals surface area contributed by atoms with Crippen molar-refractivity contribution in [2.24, 2.45) is 0 Å². The minimum absolute atomic E-state index is 0.0452. The summed E-state index contributed by atoms with van der Waals surface area (Å²) < 4.78 is 0. The fraction of sp³-hybridized carbons (Fsp3) is 1.00. The Morgan fingerprint density at radius 3 is 2.67 bits per heavy atom. The third-order valence-corrected chi connectivity index (χ3v) is 2.05. The van der Waals surface area contributed by atoms with Gasteiger partial charge in [-0.3, -0.25) is 0 Å². The second-order valence-corrected chi connectivity index (χ2v) is 2.81. The average Bonchev–Trinajstić information content (AvgIpc) is 1.88. The molecule has 0 saturated heterocycles. The largest absolute Gasteiger partial charge is 0.393 e. The Labute approximate surface area is 56.3 Å². The van der Waals surface area contributed by atoms with Crippen LogP contribution in [0.25, 0.3) is 0 Å². The molecular formula is C7H15NO. The number of aliphatic hydroxyl groups excluding tert-OH is 1. The van der Waals surface area contributed by atoms with Gasteiger partial charge in [0.1, 0.15) is 0 Å². The molecule has 1 saturated carbocycles. The highest BCUT2D eigenvalue weighted by molar-refractivity contribution is 4.75. The van der Waals surface area contributed by atoms with Crippen LogP contribution in [0, 0.1) is 0 Å². The molecule has 1 aliphatic rings. The molecule has 0 aromatic rings. The van der Waals surface area contributed by atoms with Gasteiger partial charge in [-0.15, -0.1) is 0 Å². The van der Waals surface area contributed by atoms with E-state index in [-0.39, 0.29) is 6.10 Å². The maximum Gasteiger partial charge on any atom is 0.0555 e. The molecule has 2 nitrogen and oxygen atoms in total. The van der Waals surface area contributed by atoms with Crippen LogP contribution in [-0.2, 0) is 0 Å². The zero-order valence-electron chi connectivity index (χ0n) is 5.93. The van der Waals surface area contributed by atoms with Crippen LogP contribution in [0.1, 0.15) is 25.7 Å². The zero-order chi connectivity index (χ0) is 6.69. The molecule has 0 heterocycles. The first-order valence-electron chi connectivity index (χ1n) is 3.68. The van der Waals surface area contributed by atoms with Gasteiger partial charge < -0.3 is 10.4 Å². The second-order valence-electron chi connectivity index (χ2n) is 2.81. The van der Waals surface area contributed by atoms with Crippen LogP contribution < -0.4 is 5.32 Å². The fourth-order valence-corrected chi connectivity index (χ4v) is 1.43. The van der Waals surface area contributed by atoms with Crippen LogP contribution in [-0.4, -0.2) is 24.3 Å². The normalized spacial score (nSPS) is 36.7. The molecule has 1 rings (SSSR count). The van der Waals surface area contributed by atoms with Gasteiger partial charge in [0.2, 0.25) is 0 Å². The summed E-state index contributed by atoms with van der Waals surface area (Å²) in [5, 5.41) is 12.3. The van der Waals surface area contributed by atoms with E-state index in [9.17, 15) is 5.11 Å². The van der Waals surface area contributed by atoms with Crippen molar-refractivity contribution in [1.82, 2.24) is 5.32 Å². The van der Waals surface area contributed by atoms with E-state index in [1.165, 1.54) is 12.8 Å². The Morgan fingerprint density at radius 2 is 2.22 bits per heavy atom. The van der Waals surface area contributed by atoms with Gasteiger partial charge in [0.25, 0.3) is 0 Å². The number of hydrogen-bond acceptors (Lipinski definition) is 2. The van der Waals surface area contributed by atoms with E-state index >= 15 is 0 Å². The lowest BCUT2D eigenvalue weighted by Gasteiger charge is -2.24. The van der Waals surface area contributed by atoms with Crippen LogP contribution in [0.4, 0.5) is 0 Å². The number of hydrogen-bond donors (Lipinski definition) is 2. The van der Waals surface area contributed by atoms with Crippen molar-refractivity contribution in [2.75, 3.05) is 7.05 Å². The lowest BCUT2D eigenvalue weighted by atomic mass is 9.93. The Balaban J connectivity index is 2.23. The lowest BCUT2D eigenvalue weighted by molar-refractivity contribution is 0.114. The SMILES string of the molecule is CN[C@H]1CCCC(O)C1. The van der Waals surface area contributed by atoms with Gasteiger partial charge in [0, 0.05) is 6.04 Å². The zero-order valence-corrected chi connectivity index (χ0v) is 5.93. The molecule has 9 heavy (non-hydrogen) atoms. The molecule has 0 aromatic carbocycles. The molecule has 0 aliphatic heterocycles. The van der Waals surface area contributed by atoms with Crippen LogP contribution in [0.5, 0.6) is 0 Å². The molecular weight excluding hydrogens is 114 g/mol. The third-order valence-electron chi connectivity index (χ3n) is 2.05. The molecule has 0 spiro atoms. The van der Waals surface area contributed by atoms with E-state index in [4.69, 9.17) is 0 Å². The minimum Gasteiger partial charge on any atom is -0.393 e. The first-order chi connectivity index (χ1) is 4.33. The Bertz CT molecular complexity index is 85.0. The molecule has 0 amide bonds. The quantitative estimate of drug-likeness (QED) is 0.540. The monoisotopic (exact) mass is 129 g/mol. The lowest BCUT2D eigenvalue weighted by Crippen LogP contribution is -2.33. The molecule has 0 bridgehead atoms. The molecule has 2 heteroatoms. The predicted molar refractivity (Wildman–Crippen MR) is 37.3 cm³/mol. The van der Waals surface area contributed by atoms with E-state index < -0.39 is 0 Å². The Hall–Kier alpha value is -0.0800. The maximum atomic E-state index is 9.17. The summed E-state index contributed by atoms with van der Waals surface area (Å²) in [6.07, 6.45) is 4.30. The Kier molecular flexibility index (Phi) is 2.49. The molecule has 1 fully saturated rings. The summed E-state index contributed by atoms with van der Waals surface area (Å²) in [6.45, 7) is 0. The highest BCUT2D eigenvalue weighted by Gasteiger charge is 2.17. The molecule has 1 unspecified atom stereocenters. The van der Waals surface area contributed by atoms with E-state index in [2.05, 4.69) is 5.32 Å². The number of aliphatic hydroxyl groups is 1. The Morgan fingerprint density at radius 1 is 1.44 bits per heavy atom. The van der Waals surface area contributed by atoms with Crippen LogP contribution in [0.15, 0.2) is 0 Å². The summed E-state index contributed by atoms with van der Waals surface area (Å²) >= 11 is 0. The number of rotatable bonds is 1. The summed E-state index contributed by atoms with van der Waals surface area (Å²) in [5.74, 6) is 0. The molecule has 2 N–H and O–H groups in total.